The molecule has 11 heteroatoms. The Labute approximate surface area is 165 Å². The van der Waals surface area contributed by atoms with E-state index in [4.69, 9.17) is 0 Å². The SMILES string of the molecule is CNS(=O)(=O)Cc1ccc(N(C/C=C/CN(C)C)C(=O)C(F)(F)F)c(Br)c1. The van der Waals surface area contributed by atoms with Crippen LogP contribution in [0.1, 0.15) is 5.56 Å². The lowest BCUT2D eigenvalue weighted by molar-refractivity contribution is -0.170. The van der Waals surface area contributed by atoms with E-state index in [-0.39, 0.29) is 22.5 Å². The molecule has 1 aromatic carbocycles. The van der Waals surface area contributed by atoms with Gasteiger partial charge >= 0.3 is 12.1 Å². The first kappa shape index (κ1) is 23.6. The molecule has 0 aromatic heterocycles. The number of alkyl halides is 3. The molecule has 1 N–H and O–H groups in total. The van der Waals surface area contributed by atoms with Crippen molar-refractivity contribution in [2.75, 3.05) is 39.1 Å². The fourth-order valence-electron chi connectivity index (χ4n) is 2.06. The highest BCUT2D eigenvalue weighted by molar-refractivity contribution is 9.10. The average molecular weight is 472 g/mol. The minimum atomic E-state index is -5.04. The van der Waals surface area contributed by atoms with E-state index in [1.807, 2.05) is 4.90 Å². The maximum atomic E-state index is 13.0. The van der Waals surface area contributed by atoms with Crippen LogP contribution in [0.5, 0.6) is 0 Å². The lowest BCUT2D eigenvalue weighted by Crippen LogP contribution is -2.41. The normalized spacial score (nSPS) is 12.7. The van der Waals surface area contributed by atoms with Gasteiger partial charge in [0, 0.05) is 17.6 Å². The van der Waals surface area contributed by atoms with Crippen LogP contribution >= 0.6 is 15.9 Å². The van der Waals surface area contributed by atoms with Crippen LogP contribution in [-0.2, 0) is 20.6 Å². The minimum absolute atomic E-state index is 0.00238. The summed E-state index contributed by atoms with van der Waals surface area (Å²) in [6.07, 6.45) is -1.92. The van der Waals surface area contributed by atoms with Crippen molar-refractivity contribution in [1.82, 2.24) is 9.62 Å². The number of nitrogens with one attached hydrogen (secondary N) is 1. The van der Waals surface area contributed by atoms with E-state index in [9.17, 15) is 26.4 Å². The molecular weight excluding hydrogens is 451 g/mol. The molecule has 0 fully saturated rings. The maximum Gasteiger partial charge on any atom is 0.471 e. The molecule has 0 spiro atoms. The molecule has 0 aliphatic carbocycles. The fraction of sp³-hybridized carbons (Fsp3) is 0.438. The third kappa shape index (κ3) is 7.60. The standard InChI is InChI=1S/C16H21BrF3N3O3S/c1-21-27(25,26)11-12-6-7-14(13(17)10-12)23(15(24)16(18,19)20)9-5-4-8-22(2)3/h4-7,10,21H,8-9,11H2,1-3H3/b5-4+. The number of benzene rings is 1. The van der Waals surface area contributed by atoms with Crippen LogP contribution in [0.25, 0.3) is 0 Å². The lowest BCUT2D eigenvalue weighted by atomic mass is 10.2. The molecule has 1 rings (SSSR count). The molecule has 0 radical (unpaired) electrons. The fourth-order valence-corrected chi connectivity index (χ4v) is 3.46. The van der Waals surface area contributed by atoms with Gasteiger partial charge in [-0.25, -0.2) is 13.1 Å². The Hall–Kier alpha value is -1.43. The Morgan fingerprint density at radius 3 is 2.30 bits per heavy atom. The highest BCUT2D eigenvalue weighted by Gasteiger charge is 2.43. The summed E-state index contributed by atoms with van der Waals surface area (Å²) in [5.41, 5.74) is 0.361. The van der Waals surface area contributed by atoms with Crippen molar-refractivity contribution in [3.05, 3.63) is 40.4 Å². The molecule has 0 bridgehead atoms. The molecule has 0 aliphatic rings. The van der Waals surface area contributed by atoms with Gasteiger partial charge in [-0.2, -0.15) is 13.2 Å². The molecule has 0 aliphatic heterocycles. The number of nitrogens with zero attached hydrogens (tertiary/aromatic N) is 2. The van der Waals surface area contributed by atoms with Gasteiger partial charge in [0.15, 0.2) is 0 Å². The first-order valence-electron chi connectivity index (χ1n) is 7.75. The Morgan fingerprint density at radius 2 is 1.81 bits per heavy atom. The van der Waals surface area contributed by atoms with Gasteiger partial charge in [-0.3, -0.25) is 9.69 Å². The first-order chi connectivity index (χ1) is 12.4. The Balaban J connectivity index is 3.17. The summed E-state index contributed by atoms with van der Waals surface area (Å²) in [4.78, 5) is 14.2. The Morgan fingerprint density at radius 1 is 1.22 bits per heavy atom. The molecule has 0 atom stereocenters. The molecule has 152 valence electrons. The monoisotopic (exact) mass is 471 g/mol. The Bertz CT molecular complexity index is 796. The predicted octanol–water partition coefficient (Wildman–Crippen LogP) is 2.51. The molecule has 1 amide bonds. The highest BCUT2D eigenvalue weighted by Crippen LogP contribution is 2.31. The largest absolute Gasteiger partial charge is 0.471 e. The van der Waals surface area contributed by atoms with E-state index in [0.717, 1.165) is 0 Å². The molecule has 0 unspecified atom stereocenters. The van der Waals surface area contributed by atoms with Crippen LogP contribution in [0.2, 0.25) is 0 Å². The van der Waals surface area contributed by atoms with Crippen LogP contribution in [-0.4, -0.2) is 59.6 Å². The number of hydrogen-bond donors (Lipinski definition) is 1. The smallest absolute Gasteiger partial charge is 0.306 e. The third-order valence-corrected chi connectivity index (χ3v) is 5.35. The molecule has 0 saturated heterocycles. The van der Waals surface area contributed by atoms with Gasteiger partial charge in [-0.15, -0.1) is 0 Å². The predicted molar refractivity (Wildman–Crippen MR) is 102 cm³/mol. The second-order valence-corrected chi connectivity index (χ2v) is 8.68. The van der Waals surface area contributed by atoms with Gasteiger partial charge in [-0.1, -0.05) is 18.2 Å². The number of rotatable bonds is 8. The van der Waals surface area contributed by atoms with Crippen molar-refractivity contribution in [2.45, 2.75) is 11.9 Å². The highest BCUT2D eigenvalue weighted by atomic mass is 79.9. The van der Waals surface area contributed by atoms with E-state index in [1.165, 1.54) is 31.3 Å². The lowest BCUT2D eigenvalue weighted by Gasteiger charge is -2.24. The van der Waals surface area contributed by atoms with Crippen LogP contribution in [0.3, 0.4) is 0 Å². The van der Waals surface area contributed by atoms with Gasteiger partial charge in [0.05, 0.1) is 11.4 Å². The van der Waals surface area contributed by atoms with Crippen LogP contribution in [0.15, 0.2) is 34.8 Å². The molecule has 1 aromatic rings. The van der Waals surface area contributed by atoms with Gasteiger partial charge < -0.3 is 4.90 Å². The van der Waals surface area contributed by atoms with Gasteiger partial charge in [-0.05, 0) is 54.8 Å². The van der Waals surface area contributed by atoms with Crippen LogP contribution in [0, 0.1) is 0 Å². The zero-order chi connectivity index (χ0) is 20.8. The number of carbonyl (C=O) groups is 1. The van der Waals surface area contributed by atoms with E-state index in [2.05, 4.69) is 20.7 Å². The van der Waals surface area contributed by atoms with Gasteiger partial charge in [0.25, 0.3) is 0 Å². The van der Waals surface area contributed by atoms with Crippen LogP contribution in [0.4, 0.5) is 18.9 Å². The molecule has 27 heavy (non-hydrogen) atoms. The maximum absolute atomic E-state index is 13.0. The summed E-state index contributed by atoms with van der Waals surface area (Å²) in [6, 6.07) is 4.04. The van der Waals surface area contributed by atoms with Crippen molar-refractivity contribution >= 4 is 37.5 Å². The molecule has 6 nitrogen and oxygen atoms in total. The number of halogens is 4. The number of anilines is 1. The summed E-state index contributed by atoms with van der Waals surface area (Å²) in [5.74, 6) is -2.34. The van der Waals surface area contributed by atoms with Crippen LogP contribution < -0.4 is 9.62 Å². The molecular formula is C16H21BrF3N3O3S. The number of sulfonamides is 1. The second-order valence-electron chi connectivity index (χ2n) is 5.90. The van der Waals surface area contributed by atoms with Gasteiger partial charge in [0.1, 0.15) is 0 Å². The van der Waals surface area contributed by atoms with Gasteiger partial charge in [0.2, 0.25) is 10.0 Å². The second kappa shape index (κ2) is 9.67. The van der Waals surface area contributed by atoms with Crippen molar-refractivity contribution in [1.29, 1.82) is 0 Å². The summed E-state index contributed by atoms with van der Waals surface area (Å²) < 4.78 is 64.5. The Kier molecular flexibility index (Phi) is 8.46. The van der Waals surface area contributed by atoms with E-state index in [0.29, 0.717) is 17.0 Å². The summed E-state index contributed by atoms with van der Waals surface area (Å²) in [7, 11) is 1.34. The summed E-state index contributed by atoms with van der Waals surface area (Å²) in [6.45, 7) is 0.231. The number of hydrogen-bond acceptors (Lipinski definition) is 4. The van der Waals surface area contributed by atoms with Crippen molar-refractivity contribution < 1.29 is 26.4 Å². The zero-order valence-electron chi connectivity index (χ0n) is 15.0. The average Bonchev–Trinajstić information content (AvgIpc) is 2.54. The first-order valence-corrected chi connectivity index (χ1v) is 10.2. The number of likely N-dealkylation sites (N-methyl/N-ethyl adjacent to an activating group) is 1. The molecule has 0 heterocycles. The van der Waals surface area contributed by atoms with Crippen molar-refractivity contribution in [3.63, 3.8) is 0 Å². The summed E-state index contributed by atoms with van der Waals surface area (Å²) >= 11 is 3.14. The summed E-state index contributed by atoms with van der Waals surface area (Å²) in [5, 5.41) is 0. The number of amides is 1. The van der Waals surface area contributed by atoms with E-state index < -0.39 is 22.1 Å². The molecule has 0 saturated carbocycles. The van der Waals surface area contributed by atoms with Crippen molar-refractivity contribution in [2.24, 2.45) is 0 Å². The van der Waals surface area contributed by atoms with Crippen molar-refractivity contribution in [3.8, 4) is 0 Å². The van der Waals surface area contributed by atoms with E-state index >= 15 is 0 Å². The number of carbonyl (C=O) groups excluding carboxylic acids is 1. The third-order valence-electron chi connectivity index (χ3n) is 3.38. The zero-order valence-corrected chi connectivity index (χ0v) is 17.4. The van der Waals surface area contributed by atoms with E-state index in [1.54, 1.807) is 20.2 Å². The quantitative estimate of drug-likeness (QED) is 0.591. The topological polar surface area (TPSA) is 69.7 Å². The minimum Gasteiger partial charge on any atom is -0.306 e.